The van der Waals surface area contributed by atoms with Crippen LogP contribution in [0.15, 0.2) is 18.2 Å². The molecule has 0 spiro atoms. The molecule has 2 aromatic rings. The Morgan fingerprint density at radius 2 is 2.04 bits per heavy atom. The van der Waals surface area contributed by atoms with Gasteiger partial charge in [-0.05, 0) is 43.9 Å². The van der Waals surface area contributed by atoms with E-state index in [1.807, 2.05) is 26.0 Å². The molecule has 0 unspecified atom stereocenters. The molecule has 1 aromatic carbocycles. The summed E-state index contributed by atoms with van der Waals surface area (Å²) in [5, 5.41) is 24.2. The molecule has 0 radical (unpaired) electrons. The second kappa shape index (κ2) is 6.95. The molecule has 0 saturated heterocycles. The number of aliphatic hydroxyl groups is 2. The summed E-state index contributed by atoms with van der Waals surface area (Å²) >= 11 is 0. The van der Waals surface area contributed by atoms with Crippen LogP contribution in [0, 0.1) is 6.92 Å². The lowest BCUT2D eigenvalue weighted by Crippen LogP contribution is -2.47. The number of benzene rings is 1. The average molecular weight is 330 g/mol. The summed E-state index contributed by atoms with van der Waals surface area (Å²) < 4.78 is 0. The lowest BCUT2D eigenvalue weighted by Gasteiger charge is -2.24. The van der Waals surface area contributed by atoms with Gasteiger partial charge in [0.25, 0.3) is 5.91 Å². The van der Waals surface area contributed by atoms with Crippen LogP contribution in [0.4, 0.5) is 0 Å². The number of aryl methyl sites for hydroxylation is 2. The molecule has 5 heteroatoms. The van der Waals surface area contributed by atoms with Gasteiger partial charge in [0, 0.05) is 10.9 Å². The molecule has 1 heterocycles. The highest BCUT2D eigenvalue weighted by atomic mass is 16.3. The third kappa shape index (κ3) is 3.19. The van der Waals surface area contributed by atoms with Crippen LogP contribution in [0.1, 0.15) is 54.2 Å². The van der Waals surface area contributed by atoms with Gasteiger partial charge in [0.2, 0.25) is 0 Å². The molecule has 5 nitrogen and oxygen atoms in total. The van der Waals surface area contributed by atoms with Gasteiger partial charge in [-0.25, -0.2) is 0 Å². The van der Waals surface area contributed by atoms with E-state index in [1.165, 1.54) is 0 Å². The van der Waals surface area contributed by atoms with Gasteiger partial charge >= 0.3 is 0 Å². The maximum absolute atomic E-state index is 12.8. The predicted molar refractivity (Wildman–Crippen MR) is 94.1 cm³/mol. The van der Waals surface area contributed by atoms with Gasteiger partial charge in [-0.15, -0.1) is 0 Å². The summed E-state index contributed by atoms with van der Waals surface area (Å²) in [7, 11) is 0. The molecule has 0 bridgehead atoms. The van der Waals surface area contributed by atoms with E-state index in [9.17, 15) is 15.0 Å². The van der Waals surface area contributed by atoms with Crippen molar-refractivity contribution < 1.29 is 15.0 Å². The van der Waals surface area contributed by atoms with E-state index in [0.717, 1.165) is 41.3 Å². The predicted octanol–water partition coefficient (Wildman–Crippen LogP) is 2.43. The fourth-order valence-corrected chi connectivity index (χ4v) is 3.65. The number of aromatic amines is 1. The molecular weight excluding hydrogens is 304 g/mol. The number of rotatable bonds is 3. The van der Waals surface area contributed by atoms with Gasteiger partial charge in [-0.1, -0.05) is 31.4 Å². The minimum atomic E-state index is -0.909. The molecule has 4 N–H and O–H groups in total. The maximum Gasteiger partial charge on any atom is 0.268 e. The number of hydrogen-bond donors (Lipinski definition) is 4. The third-order valence-electron chi connectivity index (χ3n) is 5.03. The zero-order valence-electron chi connectivity index (χ0n) is 14.3. The van der Waals surface area contributed by atoms with E-state index in [1.54, 1.807) is 0 Å². The van der Waals surface area contributed by atoms with E-state index in [-0.39, 0.29) is 5.91 Å². The Bertz CT molecular complexity index is 738. The summed E-state index contributed by atoms with van der Waals surface area (Å²) in [4.78, 5) is 16.0. The van der Waals surface area contributed by atoms with Crippen molar-refractivity contribution in [2.45, 2.75) is 64.2 Å². The second-order valence-corrected chi connectivity index (χ2v) is 6.80. The monoisotopic (exact) mass is 330 g/mol. The van der Waals surface area contributed by atoms with Crippen molar-refractivity contribution in [2.75, 3.05) is 0 Å². The number of hydrogen-bond acceptors (Lipinski definition) is 3. The van der Waals surface area contributed by atoms with Gasteiger partial charge in [-0.3, -0.25) is 4.79 Å². The Morgan fingerprint density at radius 3 is 2.79 bits per heavy atom. The number of carbonyl (C=O) groups excluding carboxylic acids is 1. The fraction of sp³-hybridized carbons (Fsp3) is 0.526. The molecule has 3 atom stereocenters. The van der Waals surface area contributed by atoms with Crippen molar-refractivity contribution in [3.05, 3.63) is 35.0 Å². The minimum absolute atomic E-state index is 0.209. The van der Waals surface area contributed by atoms with Gasteiger partial charge in [0.05, 0.1) is 18.2 Å². The smallest absolute Gasteiger partial charge is 0.268 e. The summed E-state index contributed by atoms with van der Waals surface area (Å²) in [6.45, 7) is 4.07. The molecule has 1 aliphatic rings. The SMILES string of the molecule is CCc1c(C(=O)N[C@@H]2CCCC[C@@H](O)[C@@H]2O)[nH]c2ccc(C)cc12. The van der Waals surface area contributed by atoms with Crippen LogP contribution in [-0.4, -0.2) is 39.4 Å². The summed E-state index contributed by atoms with van der Waals surface area (Å²) in [5.41, 5.74) is 3.66. The first kappa shape index (κ1) is 17.0. The highest BCUT2D eigenvalue weighted by Gasteiger charge is 2.30. The highest BCUT2D eigenvalue weighted by Crippen LogP contribution is 2.25. The molecule has 130 valence electrons. The standard InChI is InChI=1S/C19H26N2O3/c1-3-12-13-10-11(2)8-9-14(13)20-17(12)19(24)21-15-6-4-5-7-16(22)18(15)23/h8-10,15-16,18,20,22-23H,3-7H2,1-2H3,(H,21,24)/t15-,16-,18-/m1/s1. The van der Waals surface area contributed by atoms with Gasteiger partial charge < -0.3 is 20.5 Å². The molecule has 1 aliphatic carbocycles. The van der Waals surface area contributed by atoms with E-state index in [2.05, 4.69) is 16.4 Å². The number of aromatic nitrogens is 1. The molecule has 24 heavy (non-hydrogen) atoms. The quantitative estimate of drug-likeness (QED) is 0.652. The molecule has 1 amide bonds. The number of amides is 1. The Morgan fingerprint density at radius 1 is 1.29 bits per heavy atom. The van der Waals surface area contributed by atoms with Crippen molar-refractivity contribution >= 4 is 16.8 Å². The van der Waals surface area contributed by atoms with E-state index in [0.29, 0.717) is 18.5 Å². The number of nitrogens with one attached hydrogen (secondary N) is 2. The largest absolute Gasteiger partial charge is 0.390 e. The van der Waals surface area contributed by atoms with Crippen LogP contribution in [0.3, 0.4) is 0 Å². The lowest BCUT2D eigenvalue weighted by atomic mass is 10.0. The Kier molecular flexibility index (Phi) is 4.92. The van der Waals surface area contributed by atoms with Crippen LogP contribution in [0.25, 0.3) is 10.9 Å². The van der Waals surface area contributed by atoms with Crippen LogP contribution >= 0.6 is 0 Å². The molecule has 1 fully saturated rings. The van der Waals surface area contributed by atoms with Gasteiger partial charge in [0.1, 0.15) is 5.69 Å². The first-order valence-electron chi connectivity index (χ1n) is 8.79. The molecule has 1 saturated carbocycles. The Labute approximate surface area is 142 Å². The number of H-pyrrole nitrogens is 1. The van der Waals surface area contributed by atoms with Crippen molar-refractivity contribution in [3.63, 3.8) is 0 Å². The summed E-state index contributed by atoms with van der Waals surface area (Å²) in [6, 6.07) is 5.69. The topological polar surface area (TPSA) is 85.3 Å². The first-order chi connectivity index (χ1) is 11.5. The van der Waals surface area contributed by atoms with Gasteiger partial charge in [-0.2, -0.15) is 0 Å². The molecule has 1 aromatic heterocycles. The highest BCUT2D eigenvalue weighted by molar-refractivity contribution is 6.01. The lowest BCUT2D eigenvalue weighted by molar-refractivity contribution is -0.00129. The second-order valence-electron chi connectivity index (χ2n) is 6.80. The van der Waals surface area contributed by atoms with E-state index < -0.39 is 18.2 Å². The van der Waals surface area contributed by atoms with Gasteiger partial charge in [0.15, 0.2) is 0 Å². The molecular formula is C19H26N2O3. The normalized spacial score (nSPS) is 24.8. The zero-order valence-corrected chi connectivity index (χ0v) is 14.3. The Hall–Kier alpha value is -1.85. The fourth-order valence-electron chi connectivity index (χ4n) is 3.65. The van der Waals surface area contributed by atoms with Crippen molar-refractivity contribution in [1.82, 2.24) is 10.3 Å². The first-order valence-corrected chi connectivity index (χ1v) is 8.79. The van der Waals surface area contributed by atoms with Crippen LogP contribution in [-0.2, 0) is 6.42 Å². The zero-order chi connectivity index (χ0) is 17.3. The van der Waals surface area contributed by atoms with Crippen LogP contribution in [0.2, 0.25) is 0 Å². The molecule has 3 rings (SSSR count). The maximum atomic E-state index is 12.8. The van der Waals surface area contributed by atoms with E-state index in [4.69, 9.17) is 0 Å². The number of fused-ring (bicyclic) bond motifs is 1. The number of carbonyl (C=O) groups is 1. The Balaban J connectivity index is 1.88. The van der Waals surface area contributed by atoms with Crippen molar-refractivity contribution in [3.8, 4) is 0 Å². The number of aliphatic hydroxyl groups excluding tert-OH is 2. The summed E-state index contributed by atoms with van der Waals surface area (Å²) in [5.74, 6) is -0.209. The molecule has 0 aliphatic heterocycles. The van der Waals surface area contributed by atoms with Crippen molar-refractivity contribution in [2.24, 2.45) is 0 Å². The third-order valence-corrected chi connectivity index (χ3v) is 5.03. The van der Waals surface area contributed by atoms with Crippen LogP contribution < -0.4 is 5.32 Å². The average Bonchev–Trinajstić information content (AvgIpc) is 2.86. The van der Waals surface area contributed by atoms with E-state index >= 15 is 0 Å². The summed E-state index contributed by atoms with van der Waals surface area (Å²) in [6.07, 6.45) is 2.11. The van der Waals surface area contributed by atoms with Crippen molar-refractivity contribution in [1.29, 1.82) is 0 Å². The van der Waals surface area contributed by atoms with Crippen LogP contribution in [0.5, 0.6) is 0 Å². The minimum Gasteiger partial charge on any atom is -0.390 e.